The molecule has 0 spiro atoms. The Labute approximate surface area is 187 Å². The number of carbonyl (C=O) groups excluding carboxylic acids is 2. The van der Waals surface area contributed by atoms with Gasteiger partial charge in [0.05, 0.1) is 25.5 Å². The Kier molecular flexibility index (Phi) is 5.69. The molecule has 0 atom stereocenters. The standard InChI is InChI=1S/C26H24N2O4/c1-16-13-17(2)15-20(14-16)28-25(29)23(18-5-9-21(31-3)10-6-18)24(26(28)30)27-19-7-11-22(32-4)12-8-19/h5-15,27H,1-4H3. The molecule has 6 heteroatoms. The summed E-state index contributed by atoms with van der Waals surface area (Å²) in [5.41, 5.74) is 4.35. The van der Waals surface area contributed by atoms with Gasteiger partial charge in [-0.05, 0) is 79.1 Å². The van der Waals surface area contributed by atoms with Gasteiger partial charge in [-0.3, -0.25) is 9.59 Å². The summed E-state index contributed by atoms with van der Waals surface area (Å²) in [5, 5.41) is 3.16. The van der Waals surface area contributed by atoms with Crippen LogP contribution in [0.25, 0.3) is 5.57 Å². The van der Waals surface area contributed by atoms with Gasteiger partial charge >= 0.3 is 0 Å². The van der Waals surface area contributed by atoms with E-state index in [2.05, 4.69) is 5.32 Å². The molecule has 0 aromatic heterocycles. The smallest absolute Gasteiger partial charge is 0.282 e. The number of ether oxygens (including phenoxy) is 2. The molecule has 6 nitrogen and oxygen atoms in total. The number of benzene rings is 3. The van der Waals surface area contributed by atoms with Crippen molar-refractivity contribution in [3.63, 3.8) is 0 Å². The Morgan fingerprint density at radius 3 is 1.78 bits per heavy atom. The summed E-state index contributed by atoms with van der Waals surface area (Å²) in [6, 6.07) is 20.0. The minimum Gasteiger partial charge on any atom is -0.497 e. The SMILES string of the molecule is COc1ccc(NC2=C(c3ccc(OC)cc3)C(=O)N(c3cc(C)cc(C)c3)C2=O)cc1. The number of aryl methyl sites for hydroxylation is 2. The van der Waals surface area contributed by atoms with Crippen LogP contribution in [0.3, 0.4) is 0 Å². The Balaban J connectivity index is 1.80. The molecule has 0 saturated carbocycles. The quantitative estimate of drug-likeness (QED) is 0.576. The number of anilines is 2. The van der Waals surface area contributed by atoms with Crippen LogP contribution in [0.4, 0.5) is 11.4 Å². The normalized spacial score (nSPS) is 13.6. The predicted molar refractivity (Wildman–Crippen MR) is 125 cm³/mol. The fourth-order valence-electron chi connectivity index (χ4n) is 3.80. The van der Waals surface area contributed by atoms with Crippen molar-refractivity contribution in [2.45, 2.75) is 13.8 Å². The molecule has 0 saturated heterocycles. The maximum absolute atomic E-state index is 13.6. The molecule has 1 aliphatic heterocycles. The van der Waals surface area contributed by atoms with Gasteiger partial charge < -0.3 is 14.8 Å². The highest BCUT2D eigenvalue weighted by Crippen LogP contribution is 2.35. The number of hydrogen-bond donors (Lipinski definition) is 1. The molecule has 3 aromatic carbocycles. The average molecular weight is 428 g/mol. The second-order valence-corrected chi connectivity index (χ2v) is 7.62. The lowest BCUT2D eigenvalue weighted by Crippen LogP contribution is -2.32. The highest BCUT2D eigenvalue weighted by Gasteiger charge is 2.40. The van der Waals surface area contributed by atoms with E-state index in [1.54, 1.807) is 62.8 Å². The first-order valence-electron chi connectivity index (χ1n) is 10.2. The molecule has 1 heterocycles. The van der Waals surface area contributed by atoms with Crippen molar-refractivity contribution in [2.75, 3.05) is 24.4 Å². The second kappa shape index (κ2) is 8.59. The molecule has 0 fully saturated rings. The maximum atomic E-state index is 13.6. The Morgan fingerprint density at radius 1 is 0.719 bits per heavy atom. The van der Waals surface area contributed by atoms with Gasteiger partial charge in [-0.1, -0.05) is 18.2 Å². The van der Waals surface area contributed by atoms with Crippen molar-refractivity contribution >= 4 is 28.8 Å². The van der Waals surface area contributed by atoms with E-state index in [0.29, 0.717) is 34.0 Å². The summed E-state index contributed by atoms with van der Waals surface area (Å²) in [6.45, 7) is 3.88. The molecule has 3 aromatic rings. The third kappa shape index (κ3) is 3.95. The summed E-state index contributed by atoms with van der Waals surface area (Å²) < 4.78 is 10.4. The molecule has 162 valence electrons. The van der Waals surface area contributed by atoms with Gasteiger partial charge in [-0.2, -0.15) is 0 Å². The summed E-state index contributed by atoms with van der Waals surface area (Å²) in [4.78, 5) is 28.3. The Bertz CT molecular complexity index is 1190. The van der Waals surface area contributed by atoms with Crippen LogP contribution in [0.2, 0.25) is 0 Å². The van der Waals surface area contributed by atoms with Crippen LogP contribution in [0.1, 0.15) is 16.7 Å². The van der Waals surface area contributed by atoms with Crippen LogP contribution >= 0.6 is 0 Å². The first-order chi connectivity index (χ1) is 15.4. The first kappa shape index (κ1) is 21.2. The van der Waals surface area contributed by atoms with E-state index in [-0.39, 0.29) is 11.6 Å². The molecule has 0 unspecified atom stereocenters. The molecule has 1 N–H and O–H groups in total. The first-order valence-corrected chi connectivity index (χ1v) is 10.2. The minimum atomic E-state index is -0.401. The Morgan fingerprint density at radius 2 is 1.25 bits per heavy atom. The summed E-state index contributed by atoms with van der Waals surface area (Å²) in [5.74, 6) is 0.593. The zero-order valence-electron chi connectivity index (χ0n) is 18.4. The zero-order chi connectivity index (χ0) is 22.8. The lowest BCUT2D eigenvalue weighted by molar-refractivity contribution is -0.120. The van der Waals surface area contributed by atoms with Gasteiger partial charge in [0.1, 0.15) is 17.2 Å². The molecular formula is C26H24N2O4. The topological polar surface area (TPSA) is 67.9 Å². The van der Waals surface area contributed by atoms with Crippen LogP contribution in [0.15, 0.2) is 72.4 Å². The fraction of sp³-hybridized carbons (Fsp3) is 0.154. The van der Waals surface area contributed by atoms with E-state index in [1.165, 1.54) is 4.90 Å². The predicted octanol–water partition coefficient (Wildman–Crippen LogP) is 4.72. The molecule has 0 radical (unpaired) electrons. The van der Waals surface area contributed by atoms with E-state index in [0.717, 1.165) is 11.1 Å². The lowest BCUT2D eigenvalue weighted by atomic mass is 10.0. The lowest BCUT2D eigenvalue weighted by Gasteiger charge is -2.17. The molecular weight excluding hydrogens is 404 g/mol. The van der Waals surface area contributed by atoms with E-state index in [4.69, 9.17) is 9.47 Å². The van der Waals surface area contributed by atoms with Crippen molar-refractivity contribution in [1.82, 2.24) is 0 Å². The number of hydrogen-bond acceptors (Lipinski definition) is 5. The van der Waals surface area contributed by atoms with Crippen LogP contribution in [0.5, 0.6) is 11.5 Å². The van der Waals surface area contributed by atoms with Gasteiger partial charge in [0.25, 0.3) is 11.8 Å². The number of carbonyl (C=O) groups is 2. The van der Waals surface area contributed by atoms with Crippen molar-refractivity contribution in [3.8, 4) is 11.5 Å². The second-order valence-electron chi connectivity index (χ2n) is 7.62. The number of imide groups is 1. The van der Waals surface area contributed by atoms with Crippen molar-refractivity contribution in [3.05, 3.63) is 89.1 Å². The van der Waals surface area contributed by atoms with Gasteiger partial charge in [-0.25, -0.2) is 4.90 Å². The van der Waals surface area contributed by atoms with E-state index in [9.17, 15) is 9.59 Å². The van der Waals surface area contributed by atoms with E-state index >= 15 is 0 Å². The zero-order valence-corrected chi connectivity index (χ0v) is 18.4. The van der Waals surface area contributed by atoms with E-state index in [1.807, 2.05) is 32.0 Å². The minimum absolute atomic E-state index is 0.226. The highest BCUT2D eigenvalue weighted by molar-refractivity contribution is 6.46. The van der Waals surface area contributed by atoms with Gasteiger partial charge in [0.2, 0.25) is 0 Å². The van der Waals surface area contributed by atoms with Crippen LogP contribution in [-0.2, 0) is 9.59 Å². The maximum Gasteiger partial charge on any atom is 0.282 e. The van der Waals surface area contributed by atoms with Gasteiger partial charge in [0, 0.05) is 5.69 Å². The molecule has 2 amide bonds. The molecule has 1 aliphatic rings. The number of nitrogens with zero attached hydrogens (tertiary/aromatic N) is 1. The van der Waals surface area contributed by atoms with Crippen LogP contribution in [-0.4, -0.2) is 26.0 Å². The van der Waals surface area contributed by atoms with Crippen molar-refractivity contribution in [2.24, 2.45) is 0 Å². The Hall–Kier alpha value is -4.06. The van der Waals surface area contributed by atoms with Crippen molar-refractivity contribution < 1.29 is 19.1 Å². The van der Waals surface area contributed by atoms with Crippen LogP contribution in [0, 0.1) is 13.8 Å². The number of methoxy groups -OCH3 is 2. The fourth-order valence-corrected chi connectivity index (χ4v) is 3.80. The summed E-state index contributed by atoms with van der Waals surface area (Å²) in [6.07, 6.45) is 0. The van der Waals surface area contributed by atoms with Gasteiger partial charge in [-0.15, -0.1) is 0 Å². The third-order valence-electron chi connectivity index (χ3n) is 5.29. The molecule has 0 aliphatic carbocycles. The monoisotopic (exact) mass is 428 g/mol. The molecule has 4 rings (SSSR count). The molecule has 32 heavy (non-hydrogen) atoms. The largest absolute Gasteiger partial charge is 0.497 e. The number of rotatable bonds is 6. The summed E-state index contributed by atoms with van der Waals surface area (Å²) >= 11 is 0. The van der Waals surface area contributed by atoms with Gasteiger partial charge in [0.15, 0.2) is 0 Å². The number of nitrogens with one attached hydrogen (secondary N) is 1. The van der Waals surface area contributed by atoms with Crippen LogP contribution < -0.4 is 19.7 Å². The summed E-state index contributed by atoms with van der Waals surface area (Å²) in [7, 11) is 3.17. The highest BCUT2D eigenvalue weighted by atomic mass is 16.5. The molecule has 0 bridgehead atoms. The van der Waals surface area contributed by atoms with Crippen molar-refractivity contribution in [1.29, 1.82) is 0 Å². The number of amides is 2. The van der Waals surface area contributed by atoms with E-state index < -0.39 is 5.91 Å². The average Bonchev–Trinajstić information content (AvgIpc) is 3.03. The third-order valence-corrected chi connectivity index (χ3v) is 5.29.